The van der Waals surface area contributed by atoms with Crippen LogP contribution in [0.25, 0.3) is 0 Å². The molecule has 1 heterocycles. The summed E-state index contributed by atoms with van der Waals surface area (Å²) < 4.78 is 0. The molecule has 16 heavy (non-hydrogen) atoms. The average molecular weight is 240 g/mol. The first-order valence-corrected chi connectivity index (χ1v) is 6.28. The van der Waals surface area contributed by atoms with E-state index in [1.807, 2.05) is 0 Å². The van der Waals surface area contributed by atoms with Crippen molar-refractivity contribution >= 4 is 17.7 Å². The normalized spacial score (nSPS) is 19.3. The second-order valence-electron chi connectivity index (χ2n) is 4.04. The number of rotatable bonds is 6. The molecule has 0 saturated heterocycles. The van der Waals surface area contributed by atoms with Crippen molar-refractivity contribution in [3.8, 4) is 0 Å². The van der Waals surface area contributed by atoms with Crippen LogP contribution in [-0.2, 0) is 4.79 Å². The number of hydrogen-bond acceptors (Lipinski definition) is 4. The first kappa shape index (κ1) is 11.5. The van der Waals surface area contributed by atoms with E-state index in [1.165, 1.54) is 11.8 Å². The number of thioether (sulfide) groups is 1. The number of aromatic amines is 1. The number of hydrogen-bond donors (Lipinski definition) is 3. The first-order valence-electron chi connectivity index (χ1n) is 5.30. The third-order valence-corrected chi connectivity index (χ3v) is 4.17. The molecule has 1 aromatic rings. The fraction of sp³-hybridized carbons (Fsp3) is 0.600. The Morgan fingerprint density at radius 2 is 2.56 bits per heavy atom. The van der Waals surface area contributed by atoms with Crippen LogP contribution in [0.2, 0.25) is 0 Å². The molecule has 6 heteroatoms. The highest BCUT2D eigenvalue weighted by Gasteiger charge is 2.48. The van der Waals surface area contributed by atoms with E-state index in [1.54, 1.807) is 19.4 Å². The number of aromatic nitrogens is 2. The summed E-state index contributed by atoms with van der Waals surface area (Å²) in [5.74, 6) is 0.728. The Labute approximate surface area is 98.6 Å². The summed E-state index contributed by atoms with van der Waals surface area (Å²) in [6, 6.07) is 0. The molecular formula is C10H16N4OS. The third kappa shape index (κ3) is 2.08. The lowest BCUT2D eigenvalue weighted by Gasteiger charge is -2.29. The zero-order valence-corrected chi connectivity index (χ0v) is 10.0. The summed E-state index contributed by atoms with van der Waals surface area (Å²) >= 11 is 1.53. The molecule has 0 aliphatic heterocycles. The Bertz CT molecular complexity index is 363. The topological polar surface area (TPSA) is 83.8 Å². The second kappa shape index (κ2) is 4.47. The fourth-order valence-electron chi connectivity index (χ4n) is 1.88. The van der Waals surface area contributed by atoms with Gasteiger partial charge in [0.2, 0.25) is 5.91 Å². The van der Waals surface area contributed by atoms with Crippen LogP contribution in [0.15, 0.2) is 17.6 Å². The van der Waals surface area contributed by atoms with E-state index in [-0.39, 0.29) is 5.91 Å². The van der Waals surface area contributed by atoms with E-state index in [0.29, 0.717) is 11.7 Å². The van der Waals surface area contributed by atoms with Crippen LogP contribution in [0.1, 0.15) is 12.8 Å². The van der Waals surface area contributed by atoms with Crippen molar-refractivity contribution in [1.29, 1.82) is 0 Å². The highest BCUT2D eigenvalue weighted by atomic mass is 32.2. The van der Waals surface area contributed by atoms with Crippen LogP contribution in [0.3, 0.4) is 0 Å². The van der Waals surface area contributed by atoms with Crippen LogP contribution in [0.4, 0.5) is 0 Å². The summed E-state index contributed by atoms with van der Waals surface area (Å²) in [7, 11) is 1.80. The Balaban J connectivity index is 2.04. The van der Waals surface area contributed by atoms with Crippen molar-refractivity contribution < 1.29 is 4.79 Å². The second-order valence-corrected chi connectivity index (χ2v) is 5.01. The van der Waals surface area contributed by atoms with Gasteiger partial charge in [-0.1, -0.05) is 11.8 Å². The van der Waals surface area contributed by atoms with Gasteiger partial charge in [-0.3, -0.25) is 4.79 Å². The van der Waals surface area contributed by atoms with Crippen LogP contribution < -0.4 is 11.1 Å². The Morgan fingerprint density at radius 3 is 3.00 bits per heavy atom. The summed E-state index contributed by atoms with van der Waals surface area (Å²) in [4.78, 5) is 18.7. The zero-order valence-electron chi connectivity index (χ0n) is 9.19. The van der Waals surface area contributed by atoms with Crippen LogP contribution >= 0.6 is 11.8 Å². The summed E-state index contributed by atoms with van der Waals surface area (Å²) in [5, 5.41) is 3.92. The Morgan fingerprint density at radius 1 is 1.81 bits per heavy atom. The van der Waals surface area contributed by atoms with Crippen molar-refractivity contribution in [2.75, 3.05) is 12.8 Å². The van der Waals surface area contributed by atoms with Crippen LogP contribution in [0.5, 0.6) is 0 Å². The van der Waals surface area contributed by atoms with Gasteiger partial charge in [0.15, 0.2) is 5.16 Å². The number of carbonyl (C=O) groups is 1. The predicted octanol–water partition coefficient (Wildman–Crippen LogP) is 0.355. The lowest BCUT2D eigenvalue weighted by atomic mass is 9.95. The maximum absolute atomic E-state index is 11.6. The summed E-state index contributed by atoms with van der Waals surface area (Å²) in [6.07, 6.45) is 5.61. The molecule has 4 N–H and O–H groups in total. The van der Waals surface area contributed by atoms with Crippen molar-refractivity contribution in [2.24, 2.45) is 11.7 Å². The molecule has 1 saturated carbocycles. The molecule has 88 valence electrons. The van der Waals surface area contributed by atoms with E-state index in [2.05, 4.69) is 15.3 Å². The molecule has 5 nitrogen and oxygen atoms in total. The van der Waals surface area contributed by atoms with Gasteiger partial charge in [-0.05, 0) is 25.8 Å². The van der Waals surface area contributed by atoms with E-state index >= 15 is 0 Å². The molecule has 0 aromatic carbocycles. The van der Waals surface area contributed by atoms with Gasteiger partial charge in [0.25, 0.3) is 0 Å². The number of H-pyrrole nitrogens is 1. The molecular weight excluding hydrogens is 224 g/mol. The van der Waals surface area contributed by atoms with Gasteiger partial charge in [0.1, 0.15) is 5.54 Å². The van der Waals surface area contributed by atoms with E-state index in [4.69, 9.17) is 5.73 Å². The standard InChI is InChI=1S/C10H16N4OS/c1-12-10(8(11)15,7-2-3-7)6-16-9-13-4-5-14-9/h4-5,7,12H,2-3,6H2,1H3,(H2,11,15)(H,13,14). The number of primary amides is 1. The zero-order chi connectivity index (χ0) is 11.6. The Hall–Kier alpha value is -1.01. The fourth-order valence-corrected chi connectivity index (χ4v) is 3.05. The van der Waals surface area contributed by atoms with E-state index in [0.717, 1.165) is 18.0 Å². The molecule has 2 rings (SSSR count). The monoisotopic (exact) mass is 240 g/mol. The van der Waals surface area contributed by atoms with Gasteiger partial charge in [-0.2, -0.15) is 0 Å². The molecule has 1 fully saturated rings. The first-order chi connectivity index (χ1) is 7.69. The van der Waals surface area contributed by atoms with E-state index in [9.17, 15) is 4.79 Å². The van der Waals surface area contributed by atoms with Crippen LogP contribution in [0, 0.1) is 5.92 Å². The maximum Gasteiger partial charge on any atom is 0.238 e. The number of carbonyl (C=O) groups excluding carboxylic acids is 1. The van der Waals surface area contributed by atoms with Gasteiger partial charge < -0.3 is 16.0 Å². The minimum Gasteiger partial charge on any atom is -0.368 e. The van der Waals surface area contributed by atoms with Gasteiger partial charge in [0.05, 0.1) is 0 Å². The lowest BCUT2D eigenvalue weighted by Crippen LogP contribution is -2.57. The molecule has 1 atom stereocenters. The third-order valence-electron chi connectivity index (χ3n) is 3.07. The largest absolute Gasteiger partial charge is 0.368 e. The number of nitrogens with two attached hydrogens (primary N) is 1. The number of nitrogens with zero attached hydrogens (tertiary/aromatic N) is 1. The minimum atomic E-state index is -0.586. The number of nitrogens with one attached hydrogen (secondary N) is 2. The SMILES string of the molecule is CNC(CSc1ncc[nH]1)(C(N)=O)C1CC1. The minimum absolute atomic E-state index is 0.267. The molecule has 1 unspecified atom stereocenters. The molecule has 1 aromatic heterocycles. The molecule has 0 bridgehead atoms. The Kier molecular flexibility index (Phi) is 3.20. The molecule has 1 aliphatic carbocycles. The quantitative estimate of drug-likeness (QED) is 0.627. The van der Waals surface area contributed by atoms with Gasteiger partial charge in [-0.25, -0.2) is 4.98 Å². The predicted molar refractivity (Wildman–Crippen MR) is 63.0 cm³/mol. The highest BCUT2D eigenvalue weighted by Crippen LogP contribution is 2.41. The highest BCUT2D eigenvalue weighted by molar-refractivity contribution is 7.99. The van der Waals surface area contributed by atoms with Crippen LogP contribution in [-0.4, -0.2) is 34.2 Å². The number of amides is 1. The lowest BCUT2D eigenvalue weighted by molar-refractivity contribution is -0.124. The summed E-state index contributed by atoms with van der Waals surface area (Å²) in [5.41, 5.74) is 4.93. The molecule has 0 spiro atoms. The smallest absolute Gasteiger partial charge is 0.238 e. The van der Waals surface area contributed by atoms with Gasteiger partial charge in [0, 0.05) is 18.1 Å². The molecule has 1 aliphatic rings. The average Bonchev–Trinajstić information content (AvgIpc) is 2.97. The van der Waals surface area contributed by atoms with Crippen molar-refractivity contribution in [1.82, 2.24) is 15.3 Å². The van der Waals surface area contributed by atoms with Crippen molar-refractivity contribution in [3.05, 3.63) is 12.4 Å². The van der Waals surface area contributed by atoms with Crippen molar-refractivity contribution in [3.63, 3.8) is 0 Å². The summed E-state index contributed by atoms with van der Waals surface area (Å²) in [6.45, 7) is 0. The van der Waals surface area contributed by atoms with Gasteiger partial charge in [-0.15, -0.1) is 0 Å². The van der Waals surface area contributed by atoms with E-state index < -0.39 is 5.54 Å². The van der Waals surface area contributed by atoms with Crippen molar-refractivity contribution in [2.45, 2.75) is 23.5 Å². The van der Waals surface area contributed by atoms with Gasteiger partial charge >= 0.3 is 0 Å². The molecule has 0 radical (unpaired) electrons. The molecule has 1 amide bonds. The maximum atomic E-state index is 11.6. The number of likely N-dealkylation sites (N-methyl/N-ethyl adjacent to an activating group) is 1. The number of imidazole rings is 1.